The molecule has 1 aromatic heterocycles. The van der Waals surface area contributed by atoms with Crippen LogP contribution in [0.3, 0.4) is 0 Å². The largest absolute Gasteiger partial charge is 0.493 e. The van der Waals surface area contributed by atoms with Crippen molar-refractivity contribution in [3.05, 3.63) is 69.5 Å². The molecule has 0 spiro atoms. The lowest BCUT2D eigenvalue weighted by Crippen LogP contribution is -2.23. The summed E-state index contributed by atoms with van der Waals surface area (Å²) < 4.78 is 15.2. The number of benzene rings is 2. The van der Waals surface area contributed by atoms with Gasteiger partial charge in [-0.2, -0.15) is 0 Å². The number of nitrogens with one attached hydrogen (secondary N) is 1. The quantitative estimate of drug-likeness (QED) is 0.533. The van der Waals surface area contributed by atoms with Crippen LogP contribution in [0.2, 0.25) is 5.02 Å². The number of methoxy groups -OCH3 is 1. The number of carbonyl (C=O) groups excluding carboxylic acids is 2. The SMILES string of the molecule is COc1cccc2cc(C(=O)OCC(=O)Nc3cccc(Cl)c3)c(=O)oc12. The number of rotatable bonds is 5. The summed E-state index contributed by atoms with van der Waals surface area (Å²) in [7, 11) is 1.44. The number of halogens is 1. The molecule has 0 saturated carbocycles. The van der Waals surface area contributed by atoms with Crippen LogP contribution in [0.4, 0.5) is 5.69 Å². The van der Waals surface area contributed by atoms with Gasteiger partial charge in [-0.1, -0.05) is 29.8 Å². The van der Waals surface area contributed by atoms with E-state index >= 15 is 0 Å². The lowest BCUT2D eigenvalue weighted by atomic mass is 10.2. The van der Waals surface area contributed by atoms with Crippen molar-refractivity contribution in [3.63, 3.8) is 0 Å². The molecule has 1 heterocycles. The fourth-order valence-electron chi connectivity index (χ4n) is 2.39. The molecule has 0 aliphatic rings. The van der Waals surface area contributed by atoms with E-state index in [4.69, 9.17) is 25.5 Å². The molecule has 138 valence electrons. The van der Waals surface area contributed by atoms with Crippen LogP contribution in [-0.4, -0.2) is 25.6 Å². The van der Waals surface area contributed by atoms with E-state index in [1.807, 2.05) is 0 Å². The summed E-state index contributed by atoms with van der Waals surface area (Å²) in [6.45, 7) is -0.569. The molecule has 0 atom stereocenters. The molecule has 1 N–H and O–H groups in total. The Hall–Kier alpha value is -3.32. The van der Waals surface area contributed by atoms with E-state index in [-0.39, 0.29) is 11.1 Å². The molecule has 3 rings (SSSR count). The summed E-state index contributed by atoms with van der Waals surface area (Å²) in [6.07, 6.45) is 0. The zero-order valence-electron chi connectivity index (χ0n) is 14.2. The van der Waals surface area contributed by atoms with Crippen molar-refractivity contribution in [2.45, 2.75) is 0 Å². The highest BCUT2D eigenvalue weighted by atomic mass is 35.5. The van der Waals surface area contributed by atoms with Crippen LogP contribution in [0, 0.1) is 0 Å². The lowest BCUT2D eigenvalue weighted by molar-refractivity contribution is -0.119. The van der Waals surface area contributed by atoms with Gasteiger partial charge in [0.25, 0.3) is 5.91 Å². The fraction of sp³-hybridized carbons (Fsp3) is 0.105. The number of ether oxygens (including phenoxy) is 2. The van der Waals surface area contributed by atoms with Gasteiger partial charge in [-0.15, -0.1) is 0 Å². The highest BCUT2D eigenvalue weighted by Gasteiger charge is 2.18. The Balaban J connectivity index is 1.71. The molecular weight excluding hydrogens is 374 g/mol. The van der Waals surface area contributed by atoms with E-state index in [1.165, 1.54) is 13.2 Å². The van der Waals surface area contributed by atoms with Gasteiger partial charge in [0.2, 0.25) is 0 Å². The average Bonchev–Trinajstić information content (AvgIpc) is 2.65. The summed E-state index contributed by atoms with van der Waals surface area (Å²) >= 11 is 5.83. The first-order valence-corrected chi connectivity index (χ1v) is 8.19. The van der Waals surface area contributed by atoms with Crippen LogP contribution in [0.25, 0.3) is 11.0 Å². The maximum absolute atomic E-state index is 12.2. The van der Waals surface area contributed by atoms with Gasteiger partial charge < -0.3 is 19.2 Å². The zero-order chi connectivity index (χ0) is 19.4. The molecule has 27 heavy (non-hydrogen) atoms. The molecule has 3 aromatic rings. The molecule has 0 radical (unpaired) electrons. The van der Waals surface area contributed by atoms with E-state index in [9.17, 15) is 14.4 Å². The van der Waals surface area contributed by atoms with Gasteiger partial charge >= 0.3 is 11.6 Å². The maximum atomic E-state index is 12.2. The minimum Gasteiger partial charge on any atom is -0.493 e. The molecule has 0 aliphatic carbocycles. The Morgan fingerprint density at radius 3 is 2.67 bits per heavy atom. The van der Waals surface area contributed by atoms with E-state index in [2.05, 4.69) is 5.32 Å². The number of fused-ring (bicyclic) bond motifs is 1. The first kappa shape index (κ1) is 18.5. The number of anilines is 1. The van der Waals surface area contributed by atoms with Gasteiger partial charge in [0.05, 0.1) is 7.11 Å². The molecule has 0 aliphatic heterocycles. The van der Waals surface area contributed by atoms with Gasteiger partial charge in [-0.05, 0) is 30.3 Å². The first-order chi connectivity index (χ1) is 13.0. The van der Waals surface area contributed by atoms with Crippen molar-refractivity contribution in [1.82, 2.24) is 0 Å². The Kier molecular flexibility index (Phi) is 5.42. The molecule has 0 bridgehead atoms. The van der Waals surface area contributed by atoms with Gasteiger partial charge in [-0.25, -0.2) is 9.59 Å². The van der Waals surface area contributed by atoms with Gasteiger partial charge in [0.15, 0.2) is 17.9 Å². The van der Waals surface area contributed by atoms with Crippen molar-refractivity contribution < 1.29 is 23.5 Å². The molecule has 0 unspecified atom stereocenters. The monoisotopic (exact) mass is 387 g/mol. The van der Waals surface area contributed by atoms with E-state index in [0.717, 1.165) is 0 Å². The minimum absolute atomic E-state index is 0.222. The predicted molar refractivity (Wildman–Crippen MR) is 99.4 cm³/mol. The predicted octanol–water partition coefficient (Wildman–Crippen LogP) is 3.25. The van der Waals surface area contributed by atoms with Crippen LogP contribution < -0.4 is 15.7 Å². The smallest absolute Gasteiger partial charge is 0.351 e. The first-order valence-electron chi connectivity index (χ1n) is 7.81. The second-order valence-electron chi connectivity index (χ2n) is 5.46. The molecule has 7 nitrogen and oxygen atoms in total. The third-order valence-corrected chi connectivity index (χ3v) is 3.84. The molecule has 0 saturated heterocycles. The summed E-state index contributed by atoms with van der Waals surface area (Å²) in [5.41, 5.74) is -0.514. The maximum Gasteiger partial charge on any atom is 0.351 e. The van der Waals surface area contributed by atoms with E-state index < -0.39 is 24.1 Å². The molecule has 2 aromatic carbocycles. The minimum atomic E-state index is -0.963. The van der Waals surface area contributed by atoms with Crippen LogP contribution in [0.1, 0.15) is 10.4 Å². The number of amides is 1. The summed E-state index contributed by atoms with van der Waals surface area (Å²) in [5.74, 6) is -1.17. The molecule has 8 heteroatoms. The van der Waals surface area contributed by atoms with Crippen LogP contribution in [-0.2, 0) is 9.53 Å². The Morgan fingerprint density at radius 1 is 1.15 bits per heavy atom. The highest BCUT2D eigenvalue weighted by molar-refractivity contribution is 6.30. The number of hydrogen-bond donors (Lipinski definition) is 1. The fourth-order valence-corrected chi connectivity index (χ4v) is 2.58. The summed E-state index contributed by atoms with van der Waals surface area (Å²) in [6, 6.07) is 12.8. The highest BCUT2D eigenvalue weighted by Crippen LogP contribution is 2.24. The lowest BCUT2D eigenvalue weighted by Gasteiger charge is -2.07. The Morgan fingerprint density at radius 2 is 1.93 bits per heavy atom. The average molecular weight is 388 g/mol. The molecule has 0 fully saturated rings. The number of hydrogen-bond acceptors (Lipinski definition) is 6. The second-order valence-corrected chi connectivity index (χ2v) is 5.90. The Labute approximate surface area is 158 Å². The van der Waals surface area contributed by atoms with Crippen molar-refractivity contribution in [1.29, 1.82) is 0 Å². The van der Waals surface area contributed by atoms with Gasteiger partial charge in [0.1, 0.15) is 5.56 Å². The third-order valence-electron chi connectivity index (χ3n) is 3.61. The van der Waals surface area contributed by atoms with E-state index in [0.29, 0.717) is 21.8 Å². The molecule has 1 amide bonds. The van der Waals surface area contributed by atoms with Crippen LogP contribution >= 0.6 is 11.6 Å². The van der Waals surface area contributed by atoms with Crippen LogP contribution in [0.15, 0.2) is 57.7 Å². The number of para-hydroxylation sites is 1. The van der Waals surface area contributed by atoms with Gasteiger partial charge in [-0.3, -0.25) is 4.79 Å². The topological polar surface area (TPSA) is 94.8 Å². The molecular formula is C19H14ClNO6. The third kappa shape index (κ3) is 4.27. The van der Waals surface area contributed by atoms with Crippen molar-refractivity contribution in [2.24, 2.45) is 0 Å². The van der Waals surface area contributed by atoms with Crippen molar-refractivity contribution in [3.8, 4) is 5.75 Å². The van der Waals surface area contributed by atoms with E-state index in [1.54, 1.807) is 42.5 Å². The van der Waals surface area contributed by atoms with Crippen LogP contribution in [0.5, 0.6) is 5.75 Å². The van der Waals surface area contributed by atoms with Gasteiger partial charge in [0, 0.05) is 16.1 Å². The second kappa shape index (κ2) is 7.92. The standard InChI is InChI=1S/C19H14ClNO6/c1-25-15-7-2-4-11-8-14(19(24)27-17(11)15)18(23)26-10-16(22)21-13-6-3-5-12(20)9-13/h2-9H,10H2,1H3,(H,21,22). The van der Waals surface area contributed by atoms with Crippen molar-refractivity contribution >= 4 is 40.1 Å². The number of esters is 1. The Bertz CT molecular complexity index is 1080. The summed E-state index contributed by atoms with van der Waals surface area (Å²) in [4.78, 5) is 36.1. The normalized spacial score (nSPS) is 10.4. The zero-order valence-corrected chi connectivity index (χ0v) is 14.9. The van der Waals surface area contributed by atoms with Crippen molar-refractivity contribution in [2.75, 3.05) is 19.0 Å². The number of carbonyl (C=O) groups is 2. The summed E-state index contributed by atoms with van der Waals surface area (Å²) in [5, 5.41) is 3.47.